The molecule has 1 atom stereocenters. The molecule has 1 fully saturated rings. The Labute approximate surface area is 181 Å². The van der Waals surface area contributed by atoms with Crippen LogP contribution in [-0.2, 0) is 9.59 Å². The van der Waals surface area contributed by atoms with Crippen molar-refractivity contribution in [3.05, 3.63) is 53.1 Å². The number of benzene rings is 2. The number of nitrogens with one attached hydrogen (secondary N) is 1. The number of amides is 2. The van der Waals surface area contributed by atoms with Gasteiger partial charge in [0, 0.05) is 23.8 Å². The van der Waals surface area contributed by atoms with Crippen molar-refractivity contribution >= 4 is 34.8 Å². The number of likely N-dealkylation sites (tertiary alicyclic amines) is 1. The van der Waals surface area contributed by atoms with E-state index in [4.69, 9.17) is 16.3 Å². The molecule has 2 amide bonds. The number of para-hydroxylation sites is 2. The first-order chi connectivity index (χ1) is 14.5. The first-order valence-corrected chi connectivity index (χ1v) is 10.7. The van der Waals surface area contributed by atoms with Crippen molar-refractivity contribution in [2.75, 3.05) is 36.4 Å². The molecule has 0 saturated carbocycles. The number of rotatable bonds is 4. The molecule has 1 N–H and O–H groups in total. The molecule has 2 aliphatic heterocycles. The van der Waals surface area contributed by atoms with E-state index in [1.807, 2.05) is 53.1 Å². The highest BCUT2D eigenvalue weighted by Gasteiger charge is 2.34. The smallest absolute Gasteiger partial charge is 0.265 e. The summed E-state index contributed by atoms with van der Waals surface area (Å²) >= 11 is 6.16. The molecule has 0 radical (unpaired) electrons. The number of nitrogens with zero attached hydrogens (tertiary/aromatic N) is 2. The van der Waals surface area contributed by atoms with Gasteiger partial charge in [0.2, 0.25) is 5.91 Å². The Morgan fingerprint density at radius 3 is 2.67 bits per heavy atom. The molecule has 1 saturated heterocycles. The molecule has 2 aliphatic rings. The number of carbonyl (C=O) groups excluding carboxylic acids is 2. The summed E-state index contributed by atoms with van der Waals surface area (Å²) in [5.41, 5.74) is 2.33. The van der Waals surface area contributed by atoms with Crippen molar-refractivity contribution in [2.24, 2.45) is 0 Å². The maximum Gasteiger partial charge on any atom is 0.265 e. The van der Waals surface area contributed by atoms with Crippen LogP contribution in [0.5, 0.6) is 5.75 Å². The lowest BCUT2D eigenvalue weighted by atomic mass is 10.1. The average molecular weight is 428 g/mol. The topological polar surface area (TPSA) is 61.9 Å². The van der Waals surface area contributed by atoms with E-state index in [0.29, 0.717) is 23.0 Å². The van der Waals surface area contributed by atoms with Gasteiger partial charge in [-0.05, 0) is 56.0 Å². The molecule has 7 heteroatoms. The van der Waals surface area contributed by atoms with Crippen molar-refractivity contribution in [3.63, 3.8) is 0 Å². The van der Waals surface area contributed by atoms with Crippen LogP contribution in [0.15, 0.2) is 42.5 Å². The van der Waals surface area contributed by atoms with Gasteiger partial charge in [-0.15, -0.1) is 0 Å². The fourth-order valence-electron chi connectivity index (χ4n) is 4.01. The quantitative estimate of drug-likeness (QED) is 0.804. The van der Waals surface area contributed by atoms with Gasteiger partial charge in [0.25, 0.3) is 5.91 Å². The van der Waals surface area contributed by atoms with Crippen LogP contribution in [0.4, 0.5) is 11.4 Å². The van der Waals surface area contributed by atoms with Crippen molar-refractivity contribution in [1.82, 2.24) is 4.90 Å². The highest BCUT2D eigenvalue weighted by molar-refractivity contribution is 6.31. The third kappa shape index (κ3) is 4.38. The highest BCUT2D eigenvalue weighted by atomic mass is 35.5. The fourth-order valence-corrected chi connectivity index (χ4v) is 4.18. The molecule has 0 unspecified atom stereocenters. The average Bonchev–Trinajstić information content (AvgIpc) is 2.77. The van der Waals surface area contributed by atoms with Gasteiger partial charge < -0.3 is 19.9 Å². The van der Waals surface area contributed by atoms with Crippen molar-refractivity contribution in [1.29, 1.82) is 0 Å². The monoisotopic (exact) mass is 427 g/mol. The summed E-state index contributed by atoms with van der Waals surface area (Å²) < 4.78 is 6.03. The van der Waals surface area contributed by atoms with E-state index in [-0.39, 0.29) is 18.4 Å². The second-order valence-corrected chi connectivity index (χ2v) is 8.21. The minimum atomic E-state index is -0.612. The number of hydrogen-bond donors (Lipinski definition) is 1. The van der Waals surface area contributed by atoms with E-state index in [0.717, 1.165) is 43.6 Å². The molecular formula is C23H26ClN3O3. The van der Waals surface area contributed by atoms with E-state index >= 15 is 0 Å². The van der Waals surface area contributed by atoms with Crippen LogP contribution >= 0.6 is 11.6 Å². The lowest BCUT2D eigenvalue weighted by molar-refractivity contribution is -0.139. The Morgan fingerprint density at radius 1 is 1.10 bits per heavy atom. The summed E-state index contributed by atoms with van der Waals surface area (Å²) in [6.07, 6.45) is 2.60. The van der Waals surface area contributed by atoms with Crippen LogP contribution in [0.25, 0.3) is 0 Å². The number of ether oxygens (including phenoxy) is 1. The normalized spacial score (nSPS) is 18.4. The Balaban J connectivity index is 1.50. The summed E-state index contributed by atoms with van der Waals surface area (Å²) in [5.74, 6) is 0.465. The third-order valence-electron chi connectivity index (χ3n) is 5.68. The predicted octanol–water partition coefficient (Wildman–Crippen LogP) is 3.87. The molecule has 30 heavy (non-hydrogen) atoms. The Hall–Kier alpha value is -2.73. The Morgan fingerprint density at radius 2 is 1.87 bits per heavy atom. The van der Waals surface area contributed by atoms with Gasteiger partial charge in [-0.25, -0.2) is 0 Å². The Bertz CT molecular complexity index is 943. The molecule has 158 valence electrons. The zero-order valence-electron chi connectivity index (χ0n) is 17.1. The maximum absolute atomic E-state index is 13.0. The Kier molecular flexibility index (Phi) is 6.13. The van der Waals surface area contributed by atoms with Crippen molar-refractivity contribution in [2.45, 2.75) is 32.3 Å². The second kappa shape index (κ2) is 8.96. The first-order valence-electron chi connectivity index (χ1n) is 10.4. The molecule has 2 aromatic rings. The lowest BCUT2D eigenvalue weighted by Crippen LogP contribution is -2.52. The molecule has 6 nitrogen and oxygen atoms in total. The molecule has 0 bridgehead atoms. The molecule has 4 rings (SSSR count). The van der Waals surface area contributed by atoms with Gasteiger partial charge >= 0.3 is 0 Å². The molecule has 2 aromatic carbocycles. The zero-order chi connectivity index (χ0) is 21.1. The van der Waals surface area contributed by atoms with Crippen molar-refractivity contribution in [3.8, 4) is 5.75 Å². The minimum absolute atomic E-state index is 0.000275. The molecule has 0 aromatic heterocycles. The van der Waals surface area contributed by atoms with E-state index in [2.05, 4.69) is 5.32 Å². The minimum Gasteiger partial charge on any atom is -0.477 e. The van der Waals surface area contributed by atoms with Crippen LogP contribution in [0, 0.1) is 6.92 Å². The van der Waals surface area contributed by atoms with Crippen LogP contribution < -0.4 is 15.0 Å². The molecular weight excluding hydrogens is 402 g/mol. The maximum atomic E-state index is 13.0. The van der Waals surface area contributed by atoms with Crippen LogP contribution in [0.1, 0.15) is 24.8 Å². The van der Waals surface area contributed by atoms with Gasteiger partial charge in [-0.1, -0.05) is 29.8 Å². The van der Waals surface area contributed by atoms with E-state index in [9.17, 15) is 9.59 Å². The number of carbonyl (C=O) groups is 2. The third-order valence-corrected chi connectivity index (χ3v) is 6.09. The van der Waals surface area contributed by atoms with Gasteiger partial charge in [-0.2, -0.15) is 0 Å². The summed E-state index contributed by atoms with van der Waals surface area (Å²) in [6, 6.07) is 13.0. The zero-order valence-corrected chi connectivity index (χ0v) is 17.8. The standard InChI is InChI=1S/C23H26ClN3O3/c1-16-17(24)8-7-9-18(16)25-22(28)15-27-14-21(23(29)26-12-5-2-6-13-26)30-20-11-4-3-10-19(20)27/h3-4,7-11,21H,2,5-6,12-15H2,1H3,(H,25,28)/t21-/m1/s1. The number of fused-ring (bicyclic) bond motifs is 1. The van der Waals surface area contributed by atoms with Crippen LogP contribution in [0.3, 0.4) is 0 Å². The second-order valence-electron chi connectivity index (χ2n) is 7.80. The molecule has 0 aliphatic carbocycles. The van der Waals surface area contributed by atoms with Crippen LogP contribution in [0.2, 0.25) is 5.02 Å². The van der Waals surface area contributed by atoms with E-state index in [1.54, 1.807) is 6.07 Å². The van der Waals surface area contributed by atoms with Gasteiger partial charge in [0.1, 0.15) is 5.75 Å². The lowest BCUT2D eigenvalue weighted by Gasteiger charge is -2.38. The SMILES string of the molecule is Cc1c(Cl)cccc1NC(=O)CN1C[C@H](C(=O)N2CCCCC2)Oc2ccccc21. The van der Waals surface area contributed by atoms with E-state index in [1.165, 1.54) is 0 Å². The van der Waals surface area contributed by atoms with Crippen LogP contribution in [-0.4, -0.2) is 49.0 Å². The highest BCUT2D eigenvalue weighted by Crippen LogP contribution is 2.33. The number of halogens is 1. The molecule has 0 spiro atoms. The summed E-state index contributed by atoms with van der Waals surface area (Å²) in [4.78, 5) is 29.6. The number of anilines is 2. The van der Waals surface area contributed by atoms with E-state index < -0.39 is 6.10 Å². The predicted molar refractivity (Wildman–Crippen MR) is 118 cm³/mol. The first kappa shape index (κ1) is 20.5. The summed E-state index contributed by atoms with van der Waals surface area (Å²) in [5, 5.41) is 3.54. The van der Waals surface area contributed by atoms with Gasteiger partial charge in [0.15, 0.2) is 6.10 Å². The van der Waals surface area contributed by atoms with Crippen molar-refractivity contribution < 1.29 is 14.3 Å². The molecule has 2 heterocycles. The fraction of sp³-hybridized carbons (Fsp3) is 0.391. The summed E-state index contributed by atoms with van der Waals surface area (Å²) in [6.45, 7) is 3.88. The largest absolute Gasteiger partial charge is 0.477 e. The van der Waals surface area contributed by atoms with Gasteiger partial charge in [-0.3, -0.25) is 9.59 Å². The number of piperidine rings is 1. The number of hydrogen-bond acceptors (Lipinski definition) is 4. The summed E-state index contributed by atoms with van der Waals surface area (Å²) in [7, 11) is 0. The van der Waals surface area contributed by atoms with Gasteiger partial charge in [0.05, 0.1) is 18.8 Å².